The van der Waals surface area contributed by atoms with Crippen molar-refractivity contribution in [3.05, 3.63) is 42.0 Å². The smallest absolute Gasteiger partial charge is 0.132 e. The molecule has 0 radical (unpaired) electrons. The minimum Gasteiger partial charge on any atom is -0.490 e. The first-order valence-corrected chi connectivity index (χ1v) is 7.27. The summed E-state index contributed by atoms with van der Waals surface area (Å²) in [6.07, 6.45) is 2.43. The van der Waals surface area contributed by atoms with Crippen LogP contribution in [0.4, 0.5) is 0 Å². The Morgan fingerprint density at radius 3 is 2.90 bits per heavy atom. The molecule has 2 N–H and O–H groups in total. The van der Waals surface area contributed by atoms with E-state index in [0.29, 0.717) is 6.61 Å². The molecule has 1 aliphatic heterocycles. The Kier molecular flexibility index (Phi) is 3.90. The van der Waals surface area contributed by atoms with E-state index in [1.807, 2.05) is 19.1 Å². The van der Waals surface area contributed by atoms with Crippen molar-refractivity contribution in [1.82, 2.24) is 0 Å². The number of rotatable bonds is 4. The van der Waals surface area contributed by atoms with E-state index in [-0.39, 0.29) is 12.1 Å². The third-order valence-electron chi connectivity index (χ3n) is 3.84. The van der Waals surface area contributed by atoms with E-state index in [2.05, 4.69) is 24.3 Å². The molecule has 0 bridgehead atoms. The molecule has 2 atom stereocenters. The maximum atomic E-state index is 6.09. The van der Waals surface area contributed by atoms with Crippen LogP contribution in [0.25, 0.3) is 10.8 Å². The number of nitrogens with two attached hydrogens (primary N) is 1. The topological polar surface area (TPSA) is 44.5 Å². The van der Waals surface area contributed by atoms with Gasteiger partial charge in [-0.1, -0.05) is 36.4 Å². The highest BCUT2D eigenvalue weighted by Gasteiger charge is 2.18. The van der Waals surface area contributed by atoms with Crippen molar-refractivity contribution in [2.45, 2.75) is 31.9 Å². The number of hydrogen-bond donors (Lipinski definition) is 1. The molecule has 0 aliphatic carbocycles. The molecule has 1 unspecified atom stereocenters. The van der Waals surface area contributed by atoms with E-state index in [4.69, 9.17) is 15.2 Å². The summed E-state index contributed by atoms with van der Waals surface area (Å²) >= 11 is 0. The summed E-state index contributed by atoms with van der Waals surface area (Å²) in [5, 5.41) is 2.31. The predicted molar refractivity (Wildman–Crippen MR) is 81.0 cm³/mol. The van der Waals surface area contributed by atoms with Crippen LogP contribution in [-0.4, -0.2) is 19.3 Å². The van der Waals surface area contributed by atoms with E-state index >= 15 is 0 Å². The summed E-state index contributed by atoms with van der Waals surface area (Å²) in [5.41, 5.74) is 7.14. The Bertz CT molecular complexity index is 589. The number of fused-ring (bicyclic) bond motifs is 1. The molecule has 0 saturated carbocycles. The van der Waals surface area contributed by atoms with E-state index < -0.39 is 0 Å². The predicted octanol–water partition coefficient (Wildman–Crippen LogP) is 3.42. The van der Waals surface area contributed by atoms with Crippen LogP contribution in [0.3, 0.4) is 0 Å². The fourth-order valence-electron chi connectivity index (χ4n) is 2.73. The monoisotopic (exact) mass is 271 g/mol. The zero-order chi connectivity index (χ0) is 13.9. The zero-order valence-electron chi connectivity index (χ0n) is 11.8. The van der Waals surface area contributed by atoms with Crippen LogP contribution in [0.5, 0.6) is 5.75 Å². The Morgan fingerprint density at radius 1 is 1.30 bits per heavy atom. The second-order valence-corrected chi connectivity index (χ2v) is 5.44. The second kappa shape index (κ2) is 5.81. The fourth-order valence-corrected chi connectivity index (χ4v) is 2.73. The van der Waals surface area contributed by atoms with Gasteiger partial charge in [0.2, 0.25) is 0 Å². The third kappa shape index (κ3) is 2.65. The molecule has 20 heavy (non-hydrogen) atoms. The minimum absolute atomic E-state index is 0.0425. The lowest BCUT2D eigenvalue weighted by atomic mass is 10.0. The molecule has 1 heterocycles. The summed E-state index contributed by atoms with van der Waals surface area (Å²) in [6.45, 7) is 3.44. The molecule has 0 aromatic heterocycles. The van der Waals surface area contributed by atoms with Gasteiger partial charge in [0.05, 0.1) is 6.10 Å². The maximum absolute atomic E-state index is 6.09. The number of benzene rings is 2. The van der Waals surface area contributed by atoms with E-state index in [1.54, 1.807) is 0 Å². The second-order valence-electron chi connectivity index (χ2n) is 5.44. The van der Waals surface area contributed by atoms with Crippen LogP contribution in [0.2, 0.25) is 0 Å². The zero-order valence-corrected chi connectivity index (χ0v) is 11.8. The van der Waals surface area contributed by atoms with Crippen molar-refractivity contribution in [2.24, 2.45) is 5.73 Å². The Morgan fingerprint density at radius 2 is 2.15 bits per heavy atom. The molecule has 2 aromatic rings. The molecule has 106 valence electrons. The highest BCUT2D eigenvalue weighted by molar-refractivity contribution is 5.89. The van der Waals surface area contributed by atoms with Crippen LogP contribution >= 0.6 is 0 Å². The Labute approximate surface area is 119 Å². The SMILES string of the molecule is C[C@H](N)c1ccc2ccccc2c1OCC1CCCO1. The van der Waals surface area contributed by atoms with Crippen LogP contribution in [0, 0.1) is 0 Å². The first-order valence-electron chi connectivity index (χ1n) is 7.27. The summed E-state index contributed by atoms with van der Waals surface area (Å²) in [4.78, 5) is 0. The van der Waals surface area contributed by atoms with Gasteiger partial charge in [0, 0.05) is 23.6 Å². The molecule has 0 spiro atoms. The van der Waals surface area contributed by atoms with Gasteiger partial charge in [-0.2, -0.15) is 0 Å². The van der Waals surface area contributed by atoms with Crippen molar-refractivity contribution in [3.63, 3.8) is 0 Å². The summed E-state index contributed by atoms with van der Waals surface area (Å²) in [6, 6.07) is 12.4. The van der Waals surface area contributed by atoms with Crippen LogP contribution < -0.4 is 10.5 Å². The van der Waals surface area contributed by atoms with Gasteiger partial charge in [-0.15, -0.1) is 0 Å². The highest BCUT2D eigenvalue weighted by atomic mass is 16.5. The van der Waals surface area contributed by atoms with Crippen molar-refractivity contribution in [1.29, 1.82) is 0 Å². The van der Waals surface area contributed by atoms with Crippen molar-refractivity contribution < 1.29 is 9.47 Å². The molecule has 3 nitrogen and oxygen atoms in total. The molecule has 3 rings (SSSR count). The minimum atomic E-state index is -0.0425. The molecular weight excluding hydrogens is 250 g/mol. The average Bonchev–Trinajstić information content (AvgIpc) is 2.97. The van der Waals surface area contributed by atoms with Gasteiger partial charge in [-0.05, 0) is 25.2 Å². The molecule has 1 aliphatic rings. The van der Waals surface area contributed by atoms with E-state index in [1.165, 1.54) is 5.39 Å². The summed E-state index contributed by atoms with van der Waals surface area (Å²) in [5.74, 6) is 0.911. The van der Waals surface area contributed by atoms with Crippen LogP contribution in [0.1, 0.15) is 31.4 Å². The molecule has 2 aromatic carbocycles. The molecule has 3 heteroatoms. The van der Waals surface area contributed by atoms with Crippen LogP contribution in [-0.2, 0) is 4.74 Å². The standard InChI is InChI=1S/C17H21NO2/c1-12(18)15-9-8-13-5-2-3-7-16(13)17(15)20-11-14-6-4-10-19-14/h2-3,5,7-9,12,14H,4,6,10-11,18H2,1H3/t12-,14?/m0/s1. The quantitative estimate of drug-likeness (QED) is 0.926. The summed E-state index contributed by atoms with van der Waals surface area (Å²) < 4.78 is 11.7. The first kappa shape index (κ1) is 13.4. The van der Waals surface area contributed by atoms with Gasteiger partial charge in [-0.25, -0.2) is 0 Å². The lowest BCUT2D eigenvalue weighted by molar-refractivity contribution is 0.0681. The Hall–Kier alpha value is -1.58. The lowest BCUT2D eigenvalue weighted by Gasteiger charge is -2.18. The van der Waals surface area contributed by atoms with Gasteiger partial charge >= 0.3 is 0 Å². The van der Waals surface area contributed by atoms with Gasteiger partial charge < -0.3 is 15.2 Å². The van der Waals surface area contributed by atoms with Crippen molar-refractivity contribution >= 4 is 10.8 Å². The first-order chi connectivity index (χ1) is 9.75. The number of ether oxygens (including phenoxy) is 2. The highest BCUT2D eigenvalue weighted by Crippen LogP contribution is 2.33. The van der Waals surface area contributed by atoms with E-state index in [0.717, 1.165) is 36.1 Å². The molecule has 1 fully saturated rings. The normalized spacial score (nSPS) is 20.2. The van der Waals surface area contributed by atoms with Gasteiger partial charge in [0.25, 0.3) is 0 Å². The van der Waals surface area contributed by atoms with Crippen LogP contribution in [0.15, 0.2) is 36.4 Å². The van der Waals surface area contributed by atoms with Crippen molar-refractivity contribution in [3.8, 4) is 5.75 Å². The van der Waals surface area contributed by atoms with Crippen molar-refractivity contribution in [2.75, 3.05) is 13.2 Å². The lowest BCUT2D eigenvalue weighted by Crippen LogP contribution is -2.18. The molecule has 1 saturated heterocycles. The summed E-state index contributed by atoms with van der Waals surface area (Å²) in [7, 11) is 0. The Balaban J connectivity index is 1.94. The van der Waals surface area contributed by atoms with E-state index in [9.17, 15) is 0 Å². The van der Waals surface area contributed by atoms with Gasteiger partial charge in [-0.3, -0.25) is 0 Å². The van der Waals surface area contributed by atoms with Gasteiger partial charge in [0.15, 0.2) is 0 Å². The fraction of sp³-hybridized carbons (Fsp3) is 0.412. The average molecular weight is 271 g/mol. The molecule has 0 amide bonds. The van der Waals surface area contributed by atoms with Gasteiger partial charge in [0.1, 0.15) is 12.4 Å². The largest absolute Gasteiger partial charge is 0.490 e. The number of hydrogen-bond acceptors (Lipinski definition) is 3. The molecular formula is C17H21NO2. The third-order valence-corrected chi connectivity index (χ3v) is 3.84. The maximum Gasteiger partial charge on any atom is 0.132 e.